The van der Waals surface area contributed by atoms with E-state index in [4.69, 9.17) is 0 Å². The van der Waals surface area contributed by atoms with E-state index < -0.39 is 0 Å². The van der Waals surface area contributed by atoms with Crippen LogP contribution in [-0.4, -0.2) is 17.2 Å². The van der Waals surface area contributed by atoms with Gasteiger partial charge in [0.1, 0.15) is 5.78 Å². The number of hydrogen-bond donors (Lipinski definition) is 1. The molecule has 0 radical (unpaired) electrons. The fourth-order valence-electron chi connectivity index (χ4n) is 4.62. The number of ketones is 1. The van der Waals surface area contributed by atoms with Crippen molar-refractivity contribution in [1.82, 2.24) is 5.32 Å². The monoisotopic (exact) mass is 255 g/mol. The molecule has 1 heterocycles. The summed E-state index contributed by atoms with van der Waals surface area (Å²) in [7, 11) is 0. The summed E-state index contributed by atoms with van der Waals surface area (Å²) in [6, 6.07) is 8.47. The topological polar surface area (TPSA) is 46.2 Å². The maximum Gasteiger partial charge on any atom is 0.221 e. The number of rotatable bonds is 0. The number of Topliss-reactive ketones (excluding diaryl/α,β-unsaturated/α-hetero) is 1. The number of carbonyl (C=O) groups excluding carboxylic acids is 2. The van der Waals surface area contributed by atoms with Crippen LogP contribution >= 0.6 is 0 Å². The molecule has 3 aliphatic rings. The van der Waals surface area contributed by atoms with Crippen LogP contribution in [0.2, 0.25) is 0 Å². The number of nitrogens with one attached hydrogen (secondary N) is 1. The predicted molar refractivity (Wildman–Crippen MR) is 70.8 cm³/mol. The molecule has 1 aromatic carbocycles. The van der Waals surface area contributed by atoms with Gasteiger partial charge < -0.3 is 5.32 Å². The van der Waals surface area contributed by atoms with Crippen molar-refractivity contribution in [2.24, 2.45) is 0 Å². The van der Waals surface area contributed by atoms with Gasteiger partial charge in [0, 0.05) is 24.7 Å². The van der Waals surface area contributed by atoms with Gasteiger partial charge in [0.05, 0.1) is 5.54 Å². The number of carbonyl (C=O) groups is 2. The maximum atomic E-state index is 12.1. The maximum absolute atomic E-state index is 12.1. The third kappa shape index (κ3) is 1.28. The number of benzene rings is 1. The Bertz CT molecular complexity index is 594. The van der Waals surface area contributed by atoms with Gasteiger partial charge in [-0.3, -0.25) is 9.59 Å². The highest BCUT2D eigenvalue weighted by Gasteiger charge is 2.62. The number of amides is 1. The Morgan fingerprint density at radius 2 is 1.84 bits per heavy atom. The fraction of sp³-hybridized carbons (Fsp3) is 0.500. The molecule has 1 saturated carbocycles. The van der Waals surface area contributed by atoms with Crippen LogP contribution < -0.4 is 5.32 Å². The van der Waals surface area contributed by atoms with Crippen LogP contribution in [0.1, 0.15) is 43.2 Å². The van der Waals surface area contributed by atoms with Gasteiger partial charge >= 0.3 is 0 Å². The first-order valence-electron chi connectivity index (χ1n) is 7.06. The quantitative estimate of drug-likeness (QED) is 0.769. The SMILES string of the molecule is O=C1CC[C@@]23CC(=O)N[C@@]2(CCc2ccccc23)C1. The van der Waals surface area contributed by atoms with Crippen LogP contribution in [0.5, 0.6) is 0 Å². The number of fused-ring (bicyclic) bond motifs is 1. The average molecular weight is 255 g/mol. The van der Waals surface area contributed by atoms with Crippen molar-refractivity contribution in [1.29, 1.82) is 0 Å². The van der Waals surface area contributed by atoms with Crippen molar-refractivity contribution in [2.75, 3.05) is 0 Å². The van der Waals surface area contributed by atoms with E-state index in [2.05, 4.69) is 29.6 Å². The van der Waals surface area contributed by atoms with E-state index in [1.54, 1.807) is 0 Å². The van der Waals surface area contributed by atoms with Gasteiger partial charge in [0.2, 0.25) is 5.91 Å². The second-order valence-corrected chi connectivity index (χ2v) is 6.26. The lowest BCUT2D eigenvalue weighted by Gasteiger charge is -2.52. The molecule has 2 fully saturated rings. The highest BCUT2D eigenvalue weighted by Crippen LogP contribution is 2.56. The molecular formula is C16H17NO2. The van der Waals surface area contributed by atoms with E-state index >= 15 is 0 Å². The van der Waals surface area contributed by atoms with Crippen molar-refractivity contribution in [3.05, 3.63) is 35.4 Å². The van der Waals surface area contributed by atoms with Crippen LogP contribution in [0.25, 0.3) is 0 Å². The van der Waals surface area contributed by atoms with Gasteiger partial charge in [0.15, 0.2) is 0 Å². The van der Waals surface area contributed by atoms with E-state index in [1.165, 1.54) is 11.1 Å². The third-order valence-electron chi connectivity index (χ3n) is 5.44. The standard InChI is InChI=1S/C16H17NO2/c18-12-6-7-15-10-14(19)17-16(15,9-12)8-5-11-3-1-2-4-13(11)15/h1-4H,5-10H2,(H,17,19)/t15-,16-/m0/s1. The Hall–Kier alpha value is -1.64. The molecule has 1 aliphatic heterocycles. The molecule has 0 bridgehead atoms. The molecule has 0 unspecified atom stereocenters. The summed E-state index contributed by atoms with van der Waals surface area (Å²) >= 11 is 0. The highest BCUT2D eigenvalue weighted by atomic mass is 16.2. The Kier molecular flexibility index (Phi) is 2.05. The molecule has 98 valence electrons. The zero-order valence-corrected chi connectivity index (χ0v) is 10.9. The molecular weight excluding hydrogens is 238 g/mol. The molecule has 4 rings (SSSR count). The van der Waals surface area contributed by atoms with Gasteiger partial charge in [-0.05, 0) is 30.4 Å². The first-order valence-corrected chi connectivity index (χ1v) is 7.06. The van der Waals surface area contributed by atoms with Crippen molar-refractivity contribution in [3.8, 4) is 0 Å². The summed E-state index contributed by atoms with van der Waals surface area (Å²) in [4.78, 5) is 24.0. The molecule has 1 amide bonds. The van der Waals surface area contributed by atoms with Crippen LogP contribution in [0.15, 0.2) is 24.3 Å². The normalized spacial score (nSPS) is 36.2. The van der Waals surface area contributed by atoms with E-state index in [-0.39, 0.29) is 16.9 Å². The van der Waals surface area contributed by atoms with E-state index in [0.717, 1.165) is 19.3 Å². The molecule has 0 aromatic heterocycles. The third-order valence-corrected chi connectivity index (χ3v) is 5.44. The first-order chi connectivity index (χ1) is 9.15. The minimum Gasteiger partial charge on any atom is -0.349 e. The molecule has 1 aromatic rings. The molecule has 3 nitrogen and oxygen atoms in total. The number of aryl methyl sites for hydroxylation is 1. The summed E-state index contributed by atoms with van der Waals surface area (Å²) in [5.41, 5.74) is 2.25. The van der Waals surface area contributed by atoms with Gasteiger partial charge in [0.25, 0.3) is 0 Å². The van der Waals surface area contributed by atoms with Crippen LogP contribution in [0.3, 0.4) is 0 Å². The fourth-order valence-corrected chi connectivity index (χ4v) is 4.62. The minimum absolute atomic E-state index is 0.117. The Morgan fingerprint density at radius 1 is 1.00 bits per heavy atom. The predicted octanol–water partition coefficient (Wildman–Crippen LogP) is 1.88. The van der Waals surface area contributed by atoms with Crippen LogP contribution in [0.4, 0.5) is 0 Å². The van der Waals surface area contributed by atoms with Crippen molar-refractivity contribution in [2.45, 2.75) is 49.5 Å². The molecule has 0 spiro atoms. The second-order valence-electron chi connectivity index (χ2n) is 6.26. The summed E-state index contributed by atoms with van der Waals surface area (Å²) in [6.07, 6.45) is 4.38. The zero-order chi connectivity index (χ0) is 13.1. The smallest absolute Gasteiger partial charge is 0.221 e. The summed E-state index contributed by atoms with van der Waals surface area (Å²) < 4.78 is 0. The summed E-state index contributed by atoms with van der Waals surface area (Å²) in [5, 5.41) is 3.17. The average Bonchev–Trinajstić information content (AvgIpc) is 2.70. The van der Waals surface area contributed by atoms with Gasteiger partial charge in [-0.15, -0.1) is 0 Å². The van der Waals surface area contributed by atoms with Crippen LogP contribution in [0, 0.1) is 0 Å². The Balaban J connectivity index is 1.95. The van der Waals surface area contributed by atoms with Gasteiger partial charge in [-0.2, -0.15) is 0 Å². The number of hydrogen-bond acceptors (Lipinski definition) is 2. The minimum atomic E-state index is -0.298. The van der Waals surface area contributed by atoms with Crippen LogP contribution in [-0.2, 0) is 21.4 Å². The molecule has 3 heteroatoms. The van der Waals surface area contributed by atoms with Gasteiger partial charge in [-0.1, -0.05) is 24.3 Å². The lowest BCUT2D eigenvalue weighted by molar-refractivity contribution is -0.124. The molecule has 1 saturated heterocycles. The molecule has 2 atom stereocenters. The molecule has 19 heavy (non-hydrogen) atoms. The van der Waals surface area contributed by atoms with E-state index in [0.29, 0.717) is 25.0 Å². The van der Waals surface area contributed by atoms with Crippen molar-refractivity contribution < 1.29 is 9.59 Å². The Labute approximate surface area is 112 Å². The molecule has 1 N–H and O–H groups in total. The van der Waals surface area contributed by atoms with E-state index in [9.17, 15) is 9.59 Å². The second kappa shape index (κ2) is 3.47. The largest absolute Gasteiger partial charge is 0.349 e. The van der Waals surface area contributed by atoms with E-state index in [1.807, 2.05) is 0 Å². The van der Waals surface area contributed by atoms with Gasteiger partial charge in [-0.25, -0.2) is 0 Å². The summed E-state index contributed by atoms with van der Waals surface area (Å²) in [5.74, 6) is 0.420. The lowest BCUT2D eigenvalue weighted by atomic mass is 9.53. The van der Waals surface area contributed by atoms with Crippen molar-refractivity contribution in [3.63, 3.8) is 0 Å². The summed E-state index contributed by atoms with van der Waals surface area (Å²) in [6.45, 7) is 0. The molecule has 2 aliphatic carbocycles. The highest BCUT2D eigenvalue weighted by molar-refractivity contribution is 5.89. The zero-order valence-electron chi connectivity index (χ0n) is 10.9. The lowest BCUT2D eigenvalue weighted by Crippen LogP contribution is -2.60. The van der Waals surface area contributed by atoms with Crippen molar-refractivity contribution >= 4 is 11.7 Å². The Morgan fingerprint density at radius 3 is 2.74 bits per heavy atom. The first kappa shape index (κ1) is 11.2.